The average Bonchev–Trinajstić information content (AvgIpc) is 2.76. The van der Waals surface area contributed by atoms with Crippen molar-refractivity contribution in [1.82, 2.24) is 15.1 Å². The van der Waals surface area contributed by atoms with Crippen molar-refractivity contribution in [3.05, 3.63) is 71.3 Å². The standard InChI is InChI=1S/C25H35N3O2/c1-21-8-6-7-11-24(21)12-13-26-25(29)20-28(19-23-9-4-3-5-10-23)22(2)18-27-14-16-30-17-15-27/h3-11,22H,12-20H2,1-2H3,(H,26,29). The lowest BCUT2D eigenvalue weighted by molar-refractivity contribution is -0.123. The van der Waals surface area contributed by atoms with Crippen LogP contribution < -0.4 is 5.32 Å². The van der Waals surface area contributed by atoms with Crippen LogP contribution in [0.2, 0.25) is 0 Å². The maximum absolute atomic E-state index is 12.7. The summed E-state index contributed by atoms with van der Waals surface area (Å²) in [6.07, 6.45) is 0.862. The van der Waals surface area contributed by atoms with Crippen molar-refractivity contribution in [2.24, 2.45) is 0 Å². The highest BCUT2D eigenvalue weighted by Gasteiger charge is 2.21. The molecule has 1 N–H and O–H groups in total. The Balaban J connectivity index is 1.54. The van der Waals surface area contributed by atoms with Crippen molar-refractivity contribution in [1.29, 1.82) is 0 Å². The van der Waals surface area contributed by atoms with E-state index >= 15 is 0 Å². The SMILES string of the molecule is Cc1ccccc1CCNC(=O)CN(Cc1ccccc1)C(C)CN1CCOCC1. The molecule has 1 aliphatic heterocycles. The van der Waals surface area contributed by atoms with E-state index in [4.69, 9.17) is 4.74 Å². The molecule has 1 heterocycles. The Labute approximate surface area is 181 Å². The van der Waals surface area contributed by atoms with Gasteiger partial charge in [0.05, 0.1) is 19.8 Å². The van der Waals surface area contributed by atoms with Crippen LogP contribution in [0.25, 0.3) is 0 Å². The van der Waals surface area contributed by atoms with Crippen LogP contribution in [0.5, 0.6) is 0 Å². The normalized spacial score (nSPS) is 15.8. The van der Waals surface area contributed by atoms with E-state index in [0.717, 1.165) is 45.8 Å². The van der Waals surface area contributed by atoms with Crippen LogP contribution >= 0.6 is 0 Å². The summed E-state index contributed by atoms with van der Waals surface area (Å²) in [4.78, 5) is 17.4. The second-order valence-electron chi connectivity index (χ2n) is 8.18. The van der Waals surface area contributed by atoms with Gasteiger partial charge < -0.3 is 10.1 Å². The summed E-state index contributed by atoms with van der Waals surface area (Å²) >= 11 is 0. The fraction of sp³-hybridized carbons (Fsp3) is 0.480. The molecule has 0 aromatic heterocycles. The minimum atomic E-state index is 0.0911. The summed E-state index contributed by atoms with van der Waals surface area (Å²) in [6, 6.07) is 19.0. The van der Waals surface area contributed by atoms with Gasteiger partial charge in [-0.15, -0.1) is 0 Å². The molecule has 0 spiro atoms. The molecule has 1 fully saturated rings. The summed E-state index contributed by atoms with van der Waals surface area (Å²) in [5, 5.41) is 3.12. The summed E-state index contributed by atoms with van der Waals surface area (Å²) in [7, 11) is 0. The van der Waals surface area contributed by atoms with E-state index in [9.17, 15) is 4.79 Å². The molecule has 2 aromatic rings. The largest absolute Gasteiger partial charge is 0.379 e. The number of nitrogens with one attached hydrogen (secondary N) is 1. The fourth-order valence-corrected chi connectivity index (χ4v) is 3.93. The number of benzene rings is 2. The van der Waals surface area contributed by atoms with Crippen LogP contribution in [0.1, 0.15) is 23.6 Å². The smallest absolute Gasteiger partial charge is 0.234 e. The van der Waals surface area contributed by atoms with Crippen molar-refractivity contribution in [2.45, 2.75) is 32.9 Å². The van der Waals surface area contributed by atoms with Crippen molar-refractivity contribution >= 4 is 5.91 Å². The van der Waals surface area contributed by atoms with Crippen LogP contribution in [0.3, 0.4) is 0 Å². The van der Waals surface area contributed by atoms with E-state index in [1.165, 1.54) is 16.7 Å². The van der Waals surface area contributed by atoms with Gasteiger partial charge in [0, 0.05) is 38.8 Å². The summed E-state index contributed by atoms with van der Waals surface area (Å²) < 4.78 is 5.47. The molecule has 162 valence electrons. The molecular weight excluding hydrogens is 374 g/mol. The molecule has 1 atom stereocenters. The van der Waals surface area contributed by atoms with Gasteiger partial charge in [-0.3, -0.25) is 14.6 Å². The van der Waals surface area contributed by atoms with E-state index in [1.54, 1.807) is 0 Å². The molecule has 0 saturated carbocycles. The van der Waals surface area contributed by atoms with Crippen molar-refractivity contribution in [2.75, 3.05) is 45.9 Å². The molecule has 1 saturated heterocycles. The summed E-state index contributed by atoms with van der Waals surface area (Å²) in [5.41, 5.74) is 3.80. The molecule has 0 bridgehead atoms. The van der Waals surface area contributed by atoms with Gasteiger partial charge in [-0.2, -0.15) is 0 Å². The summed E-state index contributed by atoms with van der Waals surface area (Å²) in [5.74, 6) is 0.0911. The van der Waals surface area contributed by atoms with E-state index < -0.39 is 0 Å². The van der Waals surface area contributed by atoms with Crippen LogP contribution in [0, 0.1) is 6.92 Å². The third-order valence-electron chi connectivity index (χ3n) is 5.80. The lowest BCUT2D eigenvalue weighted by Crippen LogP contribution is -2.48. The molecule has 0 aliphatic carbocycles. The number of ether oxygens (including phenoxy) is 1. The topological polar surface area (TPSA) is 44.8 Å². The Morgan fingerprint density at radius 1 is 1.10 bits per heavy atom. The second-order valence-corrected chi connectivity index (χ2v) is 8.18. The number of hydrogen-bond acceptors (Lipinski definition) is 4. The number of aryl methyl sites for hydroxylation is 1. The van der Waals surface area contributed by atoms with Crippen LogP contribution in [0.4, 0.5) is 0 Å². The number of nitrogens with zero attached hydrogens (tertiary/aromatic N) is 2. The minimum absolute atomic E-state index is 0.0911. The van der Waals surface area contributed by atoms with Crippen LogP contribution in [-0.4, -0.2) is 67.7 Å². The molecule has 0 radical (unpaired) electrons. The lowest BCUT2D eigenvalue weighted by atomic mass is 10.1. The van der Waals surface area contributed by atoms with Gasteiger partial charge >= 0.3 is 0 Å². The van der Waals surface area contributed by atoms with Gasteiger partial charge in [0.15, 0.2) is 0 Å². The third-order valence-corrected chi connectivity index (χ3v) is 5.80. The van der Waals surface area contributed by atoms with Crippen molar-refractivity contribution in [3.8, 4) is 0 Å². The molecular formula is C25H35N3O2. The first-order valence-electron chi connectivity index (χ1n) is 11.0. The number of carbonyl (C=O) groups is 1. The van der Waals surface area contributed by atoms with Gasteiger partial charge in [-0.1, -0.05) is 54.6 Å². The Morgan fingerprint density at radius 3 is 2.53 bits per heavy atom. The highest BCUT2D eigenvalue weighted by atomic mass is 16.5. The van der Waals surface area contributed by atoms with Gasteiger partial charge in [0.1, 0.15) is 0 Å². The number of hydrogen-bond donors (Lipinski definition) is 1. The van der Waals surface area contributed by atoms with E-state index in [0.29, 0.717) is 13.1 Å². The van der Waals surface area contributed by atoms with Gasteiger partial charge in [-0.05, 0) is 37.0 Å². The van der Waals surface area contributed by atoms with E-state index in [1.807, 2.05) is 6.07 Å². The lowest BCUT2D eigenvalue weighted by Gasteiger charge is -2.34. The Hall–Kier alpha value is -2.21. The molecule has 1 amide bonds. The highest BCUT2D eigenvalue weighted by molar-refractivity contribution is 5.78. The molecule has 30 heavy (non-hydrogen) atoms. The van der Waals surface area contributed by atoms with E-state index in [2.05, 4.69) is 77.5 Å². The first kappa shape index (κ1) is 22.5. The highest BCUT2D eigenvalue weighted by Crippen LogP contribution is 2.11. The number of carbonyl (C=O) groups excluding carboxylic acids is 1. The second kappa shape index (κ2) is 11.8. The number of amides is 1. The Bertz CT molecular complexity index is 775. The monoisotopic (exact) mass is 409 g/mol. The van der Waals surface area contributed by atoms with E-state index in [-0.39, 0.29) is 11.9 Å². The Morgan fingerprint density at radius 2 is 1.80 bits per heavy atom. The van der Waals surface area contributed by atoms with Gasteiger partial charge in [0.25, 0.3) is 0 Å². The van der Waals surface area contributed by atoms with Gasteiger partial charge in [-0.25, -0.2) is 0 Å². The molecule has 5 nitrogen and oxygen atoms in total. The zero-order chi connectivity index (χ0) is 21.2. The summed E-state index contributed by atoms with van der Waals surface area (Å²) in [6.45, 7) is 10.7. The number of rotatable bonds is 10. The predicted molar refractivity (Wildman–Crippen MR) is 121 cm³/mol. The molecule has 1 aliphatic rings. The molecule has 3 rings (SSSR count). The first-order valence-corrected chi connectivity index (χ1v) is 11.0. The van der Waals surface area contributed by atoms with Crippen molar-refractivity contribution < 1.29 is 9.53 Å². The minimum Gasteiger partial charge on any atom is -0.379 e. The van der Waals surface area contributed by atoms with Gasteiger partial charge in [0.2, 0.25) is 5.91 Å². The van der Waals surface area contributed by atoms with Crippen molar-refractivity contribution in [3.63, 3.8) is 0 Å². The zero-order valence-corrected chi connectivity index (χ0v) is 18.3. The molecule has 1 unspecified atom stereocenters. The average molecular weight is 410 g/mol. The maximum atomic E-state index is 12.7. The molecule has 5 heteroatoms. The quantitative estimate of drug-likeness (QED) is 0.655. The first-order chi connectivity index (χ1) is 14.6. The number of morpholine rings is 1. The Kier molecular flexibility index (Phi) is 8.87. The zero-order valence-electron chi connectivity index (χ0n) is 18.3. The maximum Gasteiger partial charge on any atom is 0.234 e. The van der Waals surface area contributed by atoms with Crippen LogP contribution in [-0.2, 0) is 22.5 Å². The molecule has 2 aromatic carbocycles. The van der Waals surface area contributed by atoms with Crippen LogP contribution in [0.15, 0.2) is 54.6 Å². The predicted octanol–water partition coefficient (Wildman–Crippen LogP) is 2.88. The third kappa shape index (κ3) is 7.24. The fourth-order valence-electron chi connectivity index (χ4n) is 3.93.